The zero-order valence-electron chi connectivity index (χ0n) is 17.3. The molecule has 7 nitrogen and oxygen atoms in total. The van der Waals surface area contributed by atoms with E-state index in [-0.39, 0.29) is 11.8 Å². The van der Waals surface area contributed by atoms with Crippen LogP contribution >= 0.6 is 11.3 Å². The highest BCUT2D eigenvalue weighted by Crippen LogP contribution is 2.36. The summed E-state index contributed by atoms with van der Waals surface area (Å²) in [5.41, 5.74) is 5.41. The van der Waals surface area contributed by atoms with Crippen LogP contribution < -0.4 is 20.2 Å². The number of hydrazone groups is 1. The molecule has 8 heteroatoms. The van der Waals surface area contributed by atoms with Crippen LogP contribution in [0.4, 0.5) is 10.1 Å². The van der Waals surface area contributed by atoms with Crippen molar-refractivity contribution in [3.63, 3.8) is 0 Å². The molecule has 0 saturated carbocycles. The Morgan fingerprint density at radius 1 is 1.10 bits per heavy atom. The fourth-order valence-electron chi connectivity index (χ4n) is 2.60. The number of thiazole rings is 1. The van der Waals surface area contributed by atoms with Gasteiger partial charge in [-0.3, -0.25) is 10.2 Å². The summed E-state index contributed by atoms with van der Waals surface area (Å²) >= 11 is 1.34. The molecule has 0 atom stereocenters. The number of methoxy groups -OCH3 is 2. The van der Waals surface area contributed by atoms with Gasteiger partial charge in [0.2, 0.25) is 11.0 Å². The van der Waals surface area contributed by atoms with Crippen molar-refractivity contribution in [3.05, 3.63) is 54.1 Å². The zero-order valence-corrected chi connectivity index (χ0v) is 18.1. The summed E-state index contributed by atoms with van der Waals surface area (Å²) in [5.74, 6) is 1.09. The molecule has 0 aliphatic carbocycles. The number of hydrogen-bond donors (Lipinski definition) is 2. The molecule has 1 amide bonds. The molecule has 156 valence electrons. The van der Waals surface area contributed by atoms with E-state index in [1.807, 2.05) is 62.4 Å². The molecule has 2 N–H and O–H groups in total. The number of ether oxygens (including phenoxy) is 2. The molecule has 3 rings (SSSR count). The van der Waals surface area contributed by atoms with Crippen molar-refractivity contribution in [2.75, 3.05) is 25.0 Å². The van der Waals surface area contributed by atoms with Gasteiger partial charge >= 0.3 is 0 Å². The first kappa shape index (κ1) is 21.3. The number of nitrogens with zero attached hydrogens (tertiary/aromatic N) is 2. The van der Waals surface area contributed by atoms with Crippen molar-refractivity contribution >= 4 is 33.6 Å². The van der Waals surface area contributed by atoms with Gasteiger partial charge in [0, 0.05) is 11.5 Å². The van der Waals surface area contributed by atoms with Crippen molar-refractivity contribution in [2.45, 2.75) is 13.8 Å². The summed E-state index contributed by atoms with van der Waals surface area (Å²) in [7, 11) is 3.18. The van der Waals surface area contributed by atoms with Gasteiger partial charge in [-0.1, -0.05) is 55.5 Å². The molecule has 0 radical (unpaired) electrons. The van der Waals surface area contributed by atoms with E-state index < -0.39 is 0 Å². The van der Waals surface area contributed by atoms with Crippen LogP contribution in [0.15, 0.2) is 53.6 Å². The number of carbonyl (C=O) groups is 1. The Bertz CT molecular complexity index is 1030. The molecule has 1 heterocycles. The summed E-state index contributed by atoms with van der Waals surface area (Å²) in [6.07, 6.45) is 1.66. The minimum absolute atomic E-state index is 0.0591. The van der Waals surface area contributed by atoms with Gasteiger partial charge < -0.3 is 14.8 Å². The van der Waals surface area contributed by atoms with Gasteiger partial charge in [0.1, 0.15) is 10.7 Å². The van der Waals surface area contributed by atoms with E-state index in [4.69, 9.17) is 9.47 Å². The average Bonchev–Trinajstić information content (AvgIpc) is 3.16. The molecule has 0 aliphatic rings. The number of aromatic nitrogens is 1. The van der Waals surface area contributed by atoms with Crippen molar-refractivity contribution in [1.82, 2.24) is 4.98 Å². The van der Waals surface area contributed by atoms with Crippen molar-refractivity contribution in [2.24, 2.45) is 11.0 Å². The third-order valence-electron chi connectivity index (χ3n) is 4.22. The minimum atomic E-state index is -0.129. The van der Waals surface area contributed by atoms with Crippen LogP contribution in [0.1, 0.15) is 19.4 Å². The summed E-state index contributed by atoms with van der Waals surface area (Å²) < 4.78 is 10.6. The lowest BCUT2D eigenvalue weighted by Crippen LogP contribution is -2.17. The van der Waals surface area contributed by atoms with Crippen LogP contribution in [0, 0.1) is 5.92 Å². The summed E-state index contributed by atoms with van der Waals surface area (Å²) in [6, 6.07) is 15.2. The largest absolute Gasteiger partial charge is 0.493 e. The number of rotatable bonds is 8. The van der Waals surface area contributed by atoms with Crippen molar-refractivity contribution in [3.8, 4) is 22.8 Å². The van der Waals surface area contributed by atoms with E-state index >= 15 is 0 Å². The standard InChI is InChI=1S/C22H24N4O3S/c1-14(2)20(27)25-21-19(16-8-6-5-7-9-16)24-22(30-21)26-23-13-15-10-11-17(28-3)18(12-15)29-4/h5-14H,1-4H3,(H,24,26)(H,25,27)/b23-13+. The smallest absolute Gasteiger partial charge is 0.227 e. The first-order valence-electron chi connectivity index (χ1n) is 9.40. The number of anilines is 2. The fraction of sp³-hybridized carbons (Fsp3) is 0.227. The van der Waals surface area contributed by atoms with E-state index in [1.54, 1.807) is 20.4 Å². The first-order valence-corrected chi connectivity index (χ1v) is 10.2. The molecular formula is C22H24N4O3S. The lowest BCUT2D eigenvalue weighted by Gasteiger charge is -2.07. The molecule has 0 fully saturated rings. The SMILES string of the molecule is COc1ccc(/C=N/Nc2nc(-c3ccccc3)c(NC(=O)C(C)C)s2)cc1OC. The van der Waals surface area contributed by atoms with Gasteiger partial charge in [-0.15, -0.1) is 0 Å². The summed E-state index contributed by atoms with van der Waals surface area (Å²) in [4.78, 5) is 16.8. The Morgan fingerprint density at radius 3 is 2.50 bits per heavy atom. The highest BCUT2D eigenvalue weighted by atomic mass is 32.1. The van der Waals surface area contributed by atoms with E-state index in [0.717, 1.165) is 11.1 Å². The highest BCUT2D eigenvalue weighted by Gasteiger charge is 2.17. The van der Waals surface area contributed by atoms with E-state index in [0.29, 0.717) is 27.3 Å². The second-order valence-corrected chi connectivity index (χ2v) is 7.69. The molecule has 1 aromatic heterocycles. The summed E-state index contributed by atoms with van der Waals surface area (Å²) in [6.45, 7) is 3.70. The van der Waals surface area contributed by atoms with Gasteiger partial charge in [-0.05, 0) is 23.8 Å². The quantitative estimate of drug-likeness (QED) is 0.398. The van der Waals surface area contributed by atoms with Gasteiger partial charge in [-0.2, -0.15) is 5.10 Å². The average molecular weight is 425 g/mol. The van der Waals surface area contributed by atoms with Crippen LogP contribution in [-0.2, 0) is 4.79 Å². The number of nitrogens with one attached hydrogen (secondary N) is 2. The Labute approximate surface area is 179 Å². The Balaban J connectivity index is 1.81. The molecule has 0 unspecified atom stereocenters. The molecule has 0 bridgehead atoms. The van der Waals surface area contributed by atoms with Crippen molar-refractivity contribution < 1.29 is 14.3 Å². The van der Waals surface area contributed by atoms with Crippen molar-refractivity contribution in [1.29, 1.82) is 0 Å². The maximum absolute atomic E-state index is 12.2. The topological polar surface area (TPSA) is 84.8 Å². The third-order valence-corrected chi connectivity index (χ3v) is 5.09. The molecular weight excluding hydrogens is 400 g/mol. The maximum Gasteiger partial charge on any atom is 0.227 e. The lowest BCUT2D eigenvalue weighted by molar-refractivity contribution is -0.118. The molecule has 2 aromatic carbocycles. The highest BCUT2D eigenvalue weighted by molar-refractivity contribution is 7.20. The van der Waals surface area contributed by atoms with Gasteiger partial charge in [0.25, 0.3) is 0 Å². The van der Waals surface area contributed by atoms with Crippen LogP contribution in [0.5, 0.6) is 11.5 Å². The monoisotopic (exact) mass is 424 g/mol. The zero-order chi connectivity index (χ0) is 21.5. The maximum atomic E-state index is 12.2. The molecule has 0 saturated heterocycles. The number of benzene rings is 2. The molecule has 0 aliphatic heterocycles. The van der Waals surface area contributed by atoms with Crippen LogP contribution in [0.2, 0.25) is 0 Å². The van der Waals surface area contributed by atoms with Crippen LogP contribution in [0.25, 0.3) is 11.3 Å². The van der Waals surface area contributed by atoms with E-state index in [2.05, 4.69) is 20.8 Å². The van der Waals surface area contributed by atoms with Crippen LogP contribution in [-0.4, -0.2) is 31.3 Å². The second kappa shape index (κ2) is 9.89. The van der Waals surface area contributed by atoms with Gasteiger partial charge in [-0.25, -0.2) is 4.98 Å². The first-order chi connectivity index (χ1) is 14.5. The Hall–Kier alpha value is -3.39. The second-order valence-electron chi connectivity index (χ2n) is 6.69. The summed E-state index contributed by atoms with van der Waals surface area (Å²) in [5, 5.41) is 8.49. The molecule has 0 spiro atoms. The van der Waals surface area contributed by atoms with Gasteiger partial charge in [0.15, 0.2) is 11.5 Å². The third kappa shape index (κ3) is 5.15. The van der Waals surface area contributed by atoms with E-state index in [1.165, 1.54) is 11.3 Å². The fourth-order valence-corrected chi connectivity index (χ4v) is 3.44. The number of amides is 1. The number of hydrogen-bond acceptors (Lipinski definition) is 7. The normalized spacial score (nSPS) is 11.0. The molecule has 30 heavy (non-hydrogen) atoms. The Morgan fingerprint density at radius 2 is 1.83 bits per heavy atom. The minimum Gasteiger partial charge on any atom is -0.493 e. The lowest BCUT2D eigenvalue weighted by atomic mass is 10.1. The van der Waals surface area contributed by atoms with Crippen LogP contribution in [0.3, 0.4) is 0 Å². The number of carbonyl (C=O) groups excluding carboxylic acids is 1. The molecule has 3 aromatic rings. The van der Waals surface area contributed by atoms with Gasteiger partial charge in [0.05, 0.1) is 20.4 Å². The predicted octanol–water partition coefficient (Wildman–Crippen LogP) is 4.87. The predicted molar refractivity (Wildman–Crippen MR) is 122 cm³/mol. The van der Waals surface area contributed by atoms with E-state index in [9.17, 15) is 4.79 Å². The Kier molecular flexibility index (Phi) is 7.03.